The number of amides is 1. The summed E-state index contributed by atoms with van der Waals surface area (Å²) in [5, 5.41) is 3.36. The van der Waals surface area contributed by atoms with Crippen molar-refractivity contribution in [1.82, 2.24) is 10.2 Å². The van der Waals surface area contributed by atoms with Crippen LogP contribution in [-0.2, 0) is 19.1 Å². The standard InChI is InChI=1S/C14H24N2O4/c1-10-7-11(3-4-15-10)14(18)16-5-6-20-12(9-16)8-13(17)19-2/h10-12,15H,3-9H2,1-2H3/t10-,11-,12?/m0/s1. The number of esters is 1. The molecule has 2 aliphatic heterocycles. The van der Waals surface area contributed by atoms with Crippen molar-refractivity contribution in [2.45, 2.75) is 38.3 Å². The second-order valence-corrected chi connectivity index (χ2v) is 5.63. The maximum absolute atomic E-state index is 12.5. The molecule has 0 aliphatic carbocycles. The number of hydrogen-bond acceptors (Lipinski definition) is 5. The molecule has 2 saturated heterocycles. The number of hydrogen-bond donors (Lipinski definition) is 1. The molecule has 2 heterocycles. The lowest BCUT2D eigenvalue weighted by Crippen LogP contribution is -2.50. The third kappa shape index (κ3) is 3.93. The van der Waals surface area contributed by atoms with Crippen molar-refractivity contribution in [3.63, 3.8) is 0 Å². The van der Waals surface area contributed by atoms with Crippen LogP contribution in [0, 0.1) is 5.92 Å². The van der Waals surface area contributed by atoms with E-state index in [9.17, 15) is 9.59 Å². The molecule has 2 fully saturated rings. The van der Waals surface area contributed by atoms with Crippen molar-refractivity contribution in [1.29, 1.82) is 0 Å². The fourth-order valence-electron chi connectivity index (χ4n) is 2.93. The fourth-order valence-corrected chi connectivity index (χ4v) is 2.93. The summed E-state index contributed by atoms with van der Waals surface area (Å²) >= 11 is 0. The van der Waals surface area contributed by atoms with E-state index in [-0.39, 0.29) is 30.3 Å². The molecule has 114 valence electrons. The zero-order chi connectivity index (χ0) is 14.5. The number of carbonyl (C=O) groups excluding carboxylic acids is 2. The first-order valence-electron chi connectivity index (χ1n) is 7.30. The first-order valence-corrected chi connectivity index (χ1v) is 7.30. The maximum atomic E-state index is 12.5. The Morgan fingerprint density at radius 2 is 2.25 bits per heavy atom. The fraction of sp³-hybridized carbons (Fsp3) is 0.857. The highest BCUT2D eigenvalue weighted by molar-refractivity contribution is 5.79. The van der Waals surface area contributed by atoms with E-state index in [0.29, 0.717) is 25.7 Å². The Balaban J connectivity index is 1.87. The lowest BCUT2D eigenvalue weighted by atomic mass is 9.91. The number of methoxy groups -OCH3 is 1. The quantitative estimate of drug-likeness (QED) is 0.748. The number of rotatable bonds is 3. The molecule has 1 unspecified atom stereocenters. The van der Waals surface area contributed by atoms with E-state index in [1.807, 2.05) is 4.90 Å². The first-order chi connectivity index (χ1) is 9.60. The Morgan fingerprint density at radius 1 is 1.45 bits per heavy atom. The predicted molar refractivity (Wildman–Crippen MR) is 73.1 cm³/mol. The van der Waals surface area contributed by atoms with Gasteiger partial charge in [-0.2, -0.15) is 0 Å². The average molecular weight is 284 g/mol. The van der Waals surface area contributed by atoms with E-state index < -0.39 is 0 Å². The number of ether oxygens (including phenoxy) is 2. The number of nitrogens with one attached hydrogen (secondary N) is 1. The van der Waals surface area contributed by atoms with Crippen LogP contribution in [0.3, 0.4) is 0 Å². The summed E-state index contributed by atoms with van der Waals surface area (Å²) in [7, 11) is 1.37. The predicted octanol–water partition coefficient (Wildman–Crippen LogP) is 0.165. The molecular weight excluding hydrogens is 260 g/mol. The van der Waals surface area contributed by atoms with Gasteiger partial charge in [0.05, 0.1) is 26.2 Å². The summed E-state index contributed by atoms with van der Waals surface area (Å²) in [5.74, 6) is 0.0134. The Kier molecular flexibility index (Phi) is 5.37. The first kappa shape index (κ1) is 15.3. The van der Waals surface area contributed by atoms with E-state index in [2.05, 4.69) is 17.0 Å². The van der Waals surface area contributed by atoms with Crippen molar-refractivity contribution in [2.24, 2.45) is 5.92 Å². The van der Waals surface area contributed by atoms with Crippen LogP contribution in [0.2, 0.25) is 0 Å². The van der Waals surface area contributed by atoms with E-state index in [4.69, 9.17) is 4.74 Å². The third-order valence-electron chi connectivity index (χ3n) is 4.05. The summed E-state index contributed by atoms with van der Waals surface area (Å²) in [6, 6.07) is 0.393. The van der Waals surface area contributed by atoms with Gasteiger partial charge in [-0.3, -0.25) is 9.59 Å². The molecule has 0 aromatic rings. The SMILES string of the molecule is COC(=O)CC1CN(C(=O)[C@H]2CCN[C@@H](C)C2)CCO1. The number of morpholine rings is 1. The normalized spacial score (nSPS) is 30.9. The van der Waals surface area contributed by atoms with Gasteiger partial charge in [0.25, 0.3) is 0 Å². The minimum atomic E-state index is -0.292. The van der Waals surface area contributed by atoms with Gasteiger partial charge in [0.2, 0.25) is 5.91 Å². The van der Waals surface area contributed by atoms with Crippen molar-refractivity contribution in [2.75, 3.05) is 33.4 Å². The molecule has 0 aromatic heterocycles. The summed E-state index contributed by atoms with van der Waals surface area (Å²) in [6.45, 7) is 4.61. The van der Waals surface area contributed by atoms with E-state index in [0.717, 1.165) is 19.4 Å². The number of carbonyl (C=O) groups is 2. The van der Waals surface area contributed by atoms with Crippen molar-refractivity contribution in [3.05, 3.63) is 0 Å². The Morgan fingerprint density at radius 3 is 2.95 bits per heavy atom. The average Bonchev–Trinajstić information content (AvgIpc) is 2.46. The zero-order valence-corrected chi connectivity index (χ0v) is 12.3. The molecule has 1 amide bonds. The molecule has 20 heavy (non-hydrogen) atoms. The van der Waals surface area contributed by atoms with Gasteiger partial charge < -0.3 is 19.7 Å². The number of nitrogens with zero attached hydrogens (tertiary/aromatic N) is 1. The van der Waals surface area contributed by atoms with E-state index >= 15 is 0 Å². The lowest BCUT2D eigenvalue weighted by Gasteiger charge is -2.36. The molecule has 1 N–H and O–H groups in total. The summed E-state index contributed by atoms with van der Waals surface area (Å²) in [4.78, 5) is 25.7. The van der Waals surface area contributed by atoms with Gasteiger partial charge in [0, 0.05) is 25.0 Å². The minimum absolute atomic E-state index is 0.100. The molecule has 0 saturated carbocycles. The molecule has 0 radical (unpaired) electrons. The summed E-state index contributed by atoms with van der Waals surface area (Å²) < 4.78 is 10.2. The van der Waals surface area contributed by atoms with Crippen LogP contribution in [0.4, 0.5) is 0 Å². The van der Waals surface area contributed by atoms with E-state index in [1.165, 1.54) is 7.11 Å². The molecule has 3 atom stereocenters. The van der Waals surface area contributed by atoms with Crippen LogP contribution >= 0.6 is 0 Å². The Bertz CT molecular complexity index is 361. The third-order valence-corrected chi connectivity index (χ3v) is 4.05. The van der Waals surface area contributed by atoms with Gasteiger partial charge in [-0.25, -0.2) is 0 Å². The van der Waals surface area contributed by atoms with Gasteiger partial charge in [-0.05, 0) is 26.3 Å². The maximum Gasteiger partial charge on any atom is 0.308 e. The molecule has 0 spiro atoms. The monoisotopic (exact) mass is 284 g/mol. The highest BCUT2D eigenvalue weighted by Crippen LogP contribution is 2.21. The Hall–Kier alpha value is -1.14. The summed E-state index contributed by atoms with van der Waals surface area (Å²) in [5.41, 5.74) is 0. The second kappa shape index (κ2) is 7.04. The number of piperidine rings is 1. The van der Waals surface area contributed by atoms with Crippen LogP contribution in [0.15, 0.2) is 0 Å². The second-order valence-electron chi connectivity index (χ2n) is 5.63. The van der Waals surface area contributed by atoms with Gasteiger partial charge >= 0.3 is 5.97 Å². The molecule has 0 aromatic carbocycles. The Labute approximate surface area is 119 Å². The topological polar surface area (TPSA) is 67.9 Å². The van der Waals surface area contributed by atoms with Crippen LogP contribution in [0.1, 0.15) is 26.2 Å². The van der Waals surface area contributed by atoms with Gasteiger partial charge in [-0.1, -0.05) is 0 Å². The minimum Gasteiger partial charge on any atom is -0.469 e. The largest absolute Gasteiger partial charge is 0.469 e. The summed E-state index contributed by atoms with van der Waals surface area (Å²) in [6.07, 6.45) is 1.75. The molecule has 6 heteroatoms. The molecule has 2 rings (SSSR count). The highest BCUT2D eigenvalue weighted by atomic mass is 16.5. The van der Waals surface area contributed by atoms with Crippen molar-refractivity contribution >= 4 is 11.9 Å². The zero-order valence-electron chi connectivity index (χ0n) is 12.3. The molecule has 2 aliphatic rings. The van der Waals surface area contributed by atoms with Gasteiger partial charge in [0.15, 0.2) is 0 Å². The van der Waals surface area contributed by atoms with Crippen LogP contribution < -0.4 is 5.32 Å². The van der Waals surface area contributed by atoms with Crippen molar-refractivity contribution < 1.29 is 19.1 Å². The van der Waals surface area contributed by atoms with Crippen LogP contribution in [0.5, 0.6) is 0 Å². The molecule has 6 nitrogen and oxygen atoms in total. The van der Waals surface area contributed by atoms with Gasteiger partial charge in [0.1, 0.15) is 0 Å². The highest BCUT2D eigenvalue weighted by Gasteiger charge is 2.32. The van der Waals surface area contributed by atoms with E-state index in [1.54, 1.807) is 0 Å². The van der Waals surface area contributed by atoms with Crippen LogP contribution in [-0.4, -0.2) is 62.3 Å². The lowest BCUT2D eigenvalue weighted by molar-refractivity contribution is -0.152. The van der Waals surface area contributed by atoms with Crippen LogP contribution in [0.25, 0.3) is 0 Å². The molecule has 0 bridgehead atoms. The smallest absolute Gasteiger partial charge is 0.308 e. The van der Waals surface area contributed by atoms with Crippen molar-refractivity contribution in [3.8, 4) is 0 Å². The molecular formula is C14H24N2O4. The van der Waals surface area contributed by atoms with Gasteiger partial charge in [-0.15, -0.1) is 0 Å².